The van der Waals surface area contributed by atoms with Gasteiger partial charge in [0.05, 0.1) is 17.5 Å². The van der Waals surface area contributed by atoms with Crippen molar-refractivity contribution in [2.45, 2.75) is 38.5 Å². The van der Waals surface area contributed by atoms with Gasteiger partial charge < -0.3 is 9.42 Å². The molecule has 1 saturated heterocycles. The molecule has 0 N–H and O–H groups in total. The van der Waals surface area contributed by atoms with Gasteiger partial charge in [0.1, 0.15) is 11.5 Å². The van der Waals surface area contributed by atoms with Crippen molar-refractivity contribution in [3.8, 4) is 0 Å². The van der Waals surface area contributed by atoms with Crippen LogP contribution >= 0.6 is 0 Å². The minimum absolute atomic E-state index is 0.0244. The Hall–Kier alpha value is -2.43. The fourth-order valence-electron chi connectivity index (χ4n) is 3.50. The Kier molecular flexibility index (Phi) is 4.51. The average Bonchev–Trinajstić information content (AvgIpc) is 3.00. The van der Waals surface area contributed by atoms with Crippen LogP contribution in [0.1, 0.15) is 36.8 Å². The number of hydrogen-bond donors (Lipinski definition) is 0. The Bertz CT molecular complexity index is 728. The van der Waals surface area contributed by atoms with Crippen LogP contribution in [0.5, 0.6) is 0 Å². The molecule has 0 unspecified atom stereocenters. The molecular weight excluding hydrogens is 304 g/mol. The van der Waals surface area contributed by atoms with Crippen LogP contribution in [-0.4, -0.2) is 34.8 Å². The SMILES string of the molecule is CC(=O)C1(c2ccccc2)CCN(C(=O)Cc2cc(C)no2)CC1. The van der Waals surface area contributed by atoms with Crippen LogP contribution in [0, 0.1) is 6.92 Å². The molecule has 1 fully saturated rings. The largest absolute Gasteiger partial charge is 0.361 e. The van der Waals surface area contributed by atoms with Gasteiger partial charge in [-0.25, -0.2) is 0 Å². The quantitative estimate of drug-likeness (QED) is 0.866. The number of Topliss-reactive ketones (excluding diaryl/α,β-unsaturated/α-hetero) is 1. The zero-order valence-electron chi connectivity index (χ0n) is 14.1. The Labute approximate surface area is 141 Å². The van der Waals surface area contributed by atoms with E-state index in [9.17, 15) is 9.59 Å². The van der Waals surface area contributed by atoms with Crippen molar-refractivity contribution in [2.75, 3.05) is 13.1 Å². The molecule has 2 aromatic rings. The fourth-order valence-corrected chi connectivity index (χ4v) is 3.50. The first kappa shape index (κ1) is 16.4. The lowest BCUT2D eigenvalue weighted by Crippen LogP contribution is -2.48. The average molecular weight is 326 g/mol. The number of hydrogen-bond acceptors (Lipinski definition) is 4. The van der Waals surface area contributed by atoms with Crippen molar-refractivity contribution in [1.29, 1.82) is 0 Å². The van der Waals surface area contributed by atoms with Gasteiger partial charge in [-0.1, -0.05) is 35.5 Å². The van der Waals surface area contributed by atoms with Crippen LogP contribution < -0.4 is 0 Å². The number of ketones is 1. The van der Waals surface area contributed by atoms with Crippen LogP contribution in [0.2, 0.25) is 0 Å². The normalized spacial score (nSPS) is 16.8. The number of aryl methyl sites for hydroxylation is 1. The Morgan fingerprint density at radius 1 is 1.21 bits per heavy atom. The summed E-state index contributed by atoms with van der Waals surface area (Å²) in [7, 11) is 0. The molecule has 0 saturated carbocycles. The number of piperidine rings is 1. The van der Waals surface area contributed by atoms with Gasteiger partial charge >= 0.3 is 0 Å². The first-order valence-corrected chi connectivity index (χ1v) is 8.28. The topological polar surface area (TPSA) is 63.4 Å². The van der Waals surface area contributed by atoms with E-state index < -0.39 is 5.41 Å². The molecule has 126 valence electrons. The Morgan fingerprint density at radius 2 is 1.88 bits per heavy atom. The van der Waals surface area contributed by atoms with Crippen molar-refractivity contribution >= 4 is 11.7 Å². The summed E-state index contributed by atoms with van der Waals surface area (Å²) >= 11 is 0. The lowest BCUT2D eigenvalue weighted by atomic mass is 9.70. The minimum Gasteiger partial charge on any atom is -0.361 e. The molecular formula is C19H22N2O3. The lowest BCUT2D eigenvalue weighted by molar-refractivity contribution is -0.135. The number of amides is 1. The third-order valence-corrected chi connectivity index (χ3v) is 4.97. The van der Waals surface area contributed by atoms with Gasteiger partial charge in [0, 0.05) is 19.2 Å². The molecule has 5 heteroatoms. The molecule has 1 aliphatic heterocycles. The molecule has 5 nitrogen and oxygen atoms in total. The maximum atomic E-state index is 12.4. The van der Waals surface area contributed by atoms with Crippen LogP contribution in [0.3, 0.4) is 0 Å². The molecule has 0 spiro atoms. The monoisotopic (exact) mass is 326 g/mol. The second-order valence-electron chi connectivity index (χ2n) is 6.50. The van der Waals surface area contributed by atoms with E-state index in [0.717, 1.165) is 11.3 Å². The highest BCUT2D eigenvalue weighted by atomic mass is 16.5. The Morgan fingerprint density at radius 3 is 2.42 bits per heavy atom. The molecule has 0 bridgehead atoms. The van der Waals surface area contributed by atoms with E-state index >= 15 is 0 Å². The van der Waals surface area contributed by atoms with E-state index in [0.29, 0.717) is 31.7 Å². The molecule has 3 rings (SSSR count). The number of benzene rings is 1. The van der Waals surface area contributed by atoms with E-state index in [1.54, 1.807) is 13.0 Å². The molecule has 24 heavy (non-hydrogen) atoms. The third-order valence-electron chi connectivity index (χ3n) is 4.97. The smallest absolute Gasteiger partial charge is 0.230 e. The number of carbonyl (C=O) groups excluding carboxylic acids is 2. The second-order valence-corrected chi connectivity index (χ2v) is 6.50. The fraction of sp³-hybridized carbons (Fsp3) is 0.421. The summed E-state index contributed by atoms with van der Waals surface area (Å²) in [6.45, 7) is 4.65. The number of nitrogens with zero attached hydrogens (tertiary/aromatic N) is 2. The highest BCUT2D eigenvalue weighted by molar-refractivity contribution is 5.88. The van der Waals surface area contributed by atoms with Crippen LogP contribution in [-0.2, 0) is 21.4 Å². The highest BCUT2D eigenvalue weighted by Crippen LogP contribution is 2.36. The minimum atomic E-state index is -0.471. The van der Waals surface area contributed by atoms with Crippen molar-refractivity contribution < 1.29 is 14.1 Å². The van der Waals surface area contributed by atoms with Gasteiger partial charge in [0.15, 0.2) is 0 Å². The van der Waals surface area contributed by atoms with Crippen molar-refractivity contribution in [3.63, 3.8) is 0 Å². The van der Waals surface area contributed by atoms with Crippen molar-refractivity contribution in [1.82, 2.24) is 10.1 Å². The van der Waals surface area contributed by atoms with Gasteiger partial charge in [0.2, 0.25) is 5.91 Å². The van der Waals surface area contributed by atoms with Crippen LogP contribution in [0.15, 0.2) is 40.9 Å². The predicted molar refractivity (Wildman–Crippen MR) is 89.6 cm³/mol. The summed E-state index contributed by atoms with van der Waals surface area (Å²) in [6, 6.07) is 11.7. The van der Waals surface area contributed by atoms with Crippen molar-refractivity contribution in [2.24, 2.45) is 0 Å². The lowest BCUT2D eigenvalue weighted by Gasteiger charge is -2.40. The van der Waals surface area contributed by atoms with Crippen LogP contribution in [0.4, 0.5) is 0 Å². The number of aromatic nitrogens is 1. The molecule has 0 radical (unpaired) electrons. The molecule has 1 aromatic carbocycles. The van der Waals surface area contributed by atoms with E-state index in [4.69, 9.17) is 4.52 Å². The zero-order chi connectivity index (χ0) is 17.2. The zero-order valence-corrected chi connectivity index (χ0v) is 14.1. The van der Waals surface area contributed by atoms with Gasteiger partial charge in [-0.05, 0) is 32.3 Å². The van der Waals surface area contributed by atoms with E-state index in [1.165, 1.54) is 0 Å². The first-order chi connectivity index (χ1) is 11.5. The van der Waals surface area contributed by atoms with Gasteiger partial charge in [-0.15, -0.1) is 0 Å². The van der Waals surface area contributed by atoms with Gasteiger partial charge in [-0.2, -0.15) is 0 Å². The molecule has 0 aliphatic carbocycles. The molecule has 0 atom stereocenters. The third kappa shape index (κ3) is 3.11. The summed E-state index contributed by atoms with van der Waals surface area (Å²) in [4.78, 5) is 26.6. The summed E-state index contributed by atoms with van der Waals surface area (Å²) in [6.07, 6.45) is 1.54. The van der Waals surface area contributed by atoms with E-state index in [2.05, 4.69) is 5.16 Å². The second kappa shape index (κ2) is 6.59. The number of rotatable bonds is 4. The summed E-state index contributed by atoms with van der Waals surface area (Å²) in [5.41, 5.74) is 1.35. The number of carbonyl (C=O) groups is 2. The van der Waals surface area contributed by atoms with E-state index in [-0.39, 0.29) is 18.1 Å². The van der Waals surface area contributed by atoms with Gasteiger partial charge in [0.25, 0.3) is 0 Å². The standard InChI is InChI=1S/C19H22N2O3/c1-14-12-17(24-20-14)13-18(23)21-10-8-19(9-11-21,15(2)22)16-6-4-3-5-7-16/h3-7,12H,8-11,13H2,1-2H3. The number of likely N-dealkylation sites (tertiary alicyclic amines) is 1. The highest BCUT2D eigenvalue weighted by Gasteiger charge is 2.41. The van der Waals surface area contributed by atoms with Crippen LogP contribution in [0.25, 0.3) is 0 Å². The first-order valence-electron chi connectivity index (χ1n) is 8.28. The molecule has 2 heterocycles. The molecule has 1 aliphatic rings. The Balaban J connectivity index is 1.69. The molecule has 1 amide bonds. The predicted octanol–water partition coefficient (Wildman–Crippen LogP) is 2.67. The van der Waals surface area contributed by atoms with Crippen molar-refractivity contribution in [3.05, 3.63) is 53.4 Å². The maximum absolute atomic E-state index is 12.4. The molecule has 1 aromatic heterocycles. The summed E-state index contributed by atoms with van der Waals surface area (Å²) < 4.78 is 5.12. The van der Waals surface area contributed by atoms with Gasteiger partial charge in [-0.3, -0.25) is 9.59 Å². The van der Waals surface area contributed by atoms with E-state index in [1.807, 2.05) is 42.2 Å². The summed E-state index contributed by atoms with van der Waals surface area (Å²) in [5.74, 6) is 0.784. The maximum Gasteiger partial charge on any atom is 0.230 e. The summed E-state index contributed by atoms with van der Waals surface area (Å²) in [5, 5.41) is 3.81.